The van der Waals surface area contributed by atoms with Crippen molar-refractivity contribution in [3.8, 4) is 0 Å². The lowest BCUT2D eigenvalue weighted by molar-refractivity contribution is -0.387. The van der Waals surface area contributed by atoms with E-state index in [1.165, 1.54) is 0 Å². The third-order valence-corrected chi connectivity index (χ3v) is 2.38. The van der Waals surface area contributed by atoms with Crippen LogP contribution in [0.3, 0.4) is 0 Å². The van der Waals surface area contributed by atoms with Gasteiger partial charge in [-0.05, 0) is 0 Å². The van der Waals surface area contributed by atoms with Gasteiger partial charge in [0.05, 0.1) is 10.6 Å². The summed E-state index contributed by atoms with van der Waals surface area (Å²) >= 11 is 0. The van der Waals surface area contributed by atoms with Crippen molar-refractivity contribution < 1.29 is 28.5 Å². The van der Waals surface area contributed by atoms with Gasteiger partial charge >= 0.3 is 5.69 Å². The lowest BCUT2D eigenvalue weighted by atomic mass is 9.97. The van der Waals surface area contributed by atoms with Crippen LogP contribution in [0.4, 0.5) is 20.2 Å². The minimum atomic E-state index is -1.83. The van der Waals surface area contributed by atoms with Gasteiger partial charge in [-0.15, -0.1) is 0 Å². The van der Waals surface area contributed by atoms with Crippen LogP contribution in [-0.4, -0.2) is 27.5 Å². The minimum Gasteiger partial charge on any atom is -0.410 e. The summed E-state index contributed by atoms with van der Waals surface area (Å²) in [7, 11) is 0. The van der Waals surface area contributed by atoms with Crippen molar-refractivity contribution in [3.05, 3.63) is 33.4 Å². The molecule has 0 bridgehead atoms. The van der Waals surface area contributed by atoms with E-state index in [2.05, 4.69) is 5.16 Å². The Morgan fingerprint density at radius 2 is 2.00 bits per heavy atom. The number of nitro benzene ring substituents is 1. The first-order chi connectivity index (χ1) is 8.88. The number of Topliss-reactive ketones (excluding diaryl/α,β-unsaturated/α-hetero) is 1. The Kier molecular flexibility index (Phi) is 2.70. The molecule has 0 fully saturated rings. The predicted molar refractivity (Wildman–Crippen MR) is 55.0 cm³/mol. The lowest BCUT2D eigenvalue weighted by Crippen LogP contribution is -2.37. The zero-order valence-electron chi connectivity index (χ0n) is 8.81. The summed E-state index contributed by atoms with van der Waals surface area (Å²) in [5, 5.41) is 23.7. The first-order valence-corrected chi connectivity index (χ1v) is 4.63. The van der Waals surface area contributed by atoms with Gasteiger partial charge in [-0.25, -0.2) is 4.39 Å². The van der Waals surface area contributed by atoms with E-state index in [9.17, 15) is 28.5 Å². The molecule has 0 atom stereocenters. The number of oxime groups is 1. The first-order valence-electron chi connectivity index (χ1n) is 4.63. The Labute approximate surface area is 102 Å². The average molecular weight is 271 g/mol. The van der Waals surface area contributed by atoms with Gasteiger partial charge in [-0.1, -0.05) is 5.16 Å². The van der Waals surface area contributed by atoms with E-state index in [0.717, 1.165) is 0 Å². The summed E-state index contributed by atoms with van der Waals surface area (Å²) in [6, 6.07) is 0.452. The van der Waals surface area contributed by atoms with Crippen LogP contribution < -0.4 is 5.32 Å². The highest BCUT2D eigenvalue weighted by atomic mass is 19.2. The van der Waals surface area contributed by atoms with E-state index >= 15 is 0 Å². The quantitative estimate of drug-likeness (QED) is 0.334. The van der Waals surface area contributed by atoms with E-state index in [-0.39, 0.29) is 0 Å². The van der Waals surface area contributed by atoms with Gasteiger partial charge in [-0.3, -0.25) is 19.7 Å². The highest BCUT2D eigenvalue weighted by molar-refractivity contribution is 6.72. The molecule has 2 N–H and O–H groups in total. The van der Waals surface area contributed by atoms with Gasteiger partial charge in [0.25, 0.3) is 11.7 Å². The van der Waals surface area contributed by atoms with E-state index in [0.29, 0.717) is 6.07 Å². The van der Waals surface area contributed by atoms with Crippen LogP contribution in [0.5, 0.6) is 0 Å². The molecule has 2 rings (SSSR count). The third kappa shape index (κ3) is 1.69. The smallest absolute Gasteiger partial charge is 0.319 e. The summed E-state index contributed by atoms with van der Waals surface area (Å²) < 4.78 is 26.6. The average Bonchev–Trinajstić information content (AvgIpc) is 2.33. The van der Waals surface area contributed by atoms with E-state index in [1.54, 1.807) is 0 Å². The molecule has 1 aliphatic rings. The van der Waals surface area contributed by atoms with Crippen LogP contribution in [-0.2, 0) is 9.59 Å². The molecule has 10 heteroatoms. The van der Waals surface area contributed by atoms with E-state index in [4.69, 9.17) is 5.21 Å². The number of benzene rings is 1. The summed E-state index contributed by atoms with van der Waals surface area (Å²) in [6.07, 6.45) is 0. The van der Waals surface area contributed by atoms with Crippen LogP contribution in [0.15, 0.2) is 11.2 Å². The molecule has 98 valence electrons. The Bertz CT molecular complexity index is 670. The zero-order chi connectivity index (χ0) is 14.3. The number of nitrogens with zero attached hydrogens (tertiary/aromatic N) is 2. The van der Waals surface area contributed by atoms with Crippen molar-refractivity contribution in [3.63, 3.8) is 0 Å². The molecule has 19 heavy (non-hydrogen) atoms. The molecule has 1 aliphatic heterocycles. The molecule has 0 saturated carbocycles. The number of anilines is 1. The van der Waals surface area contributed by atoms with Crippen molar-refractivity contribution >= 4 is 28.8 Å². The van der Waals surface area contributed by atoms with Crippen molar-refractivity contribution in [2.75, 3.05) is 5.32 Å². The van der Waals surface area contributed by atoms with Gasteiger partial charge in [0.2, 0.25) is 5.82 Å². The second kappa shape index (κ2) is 4.08. The summed E-state index contributed by atoms with van der Waals surface area (Å²) in [4.78, 5) is 32.0. The monoisotopic (exact) mass is 271 g/mol. The topological polar surface area (TPSA) is 122 Å². The standard InChI is InChI=1S/C9H3F2N3O5/c10-2-1-3-4(7(5(2)11)14(18)19)6(13-17)8(15)9(16)12-3/h1,17H,(H,12,16). The number of rotatable bonds is 1. The maximum absolute atomic E-state index is 13.4. The van der Waals surface area contributed by atoms with Crippen molar-refractivity contribution in [1.29, 1.82) is 0 Å². The number of nitro groups is 1. The number of ketones is 1. The third-order valence-electron chi connectivity index (χ3n) is 2.38. The van der Waals surface area contributed by atoms with Crippen LogP contribution in [0.2, 0.25) is 0 Å². The van der Waals surface area contributed by atoms with Gasteiger partial charge in [-0.2, -0.15) is 4.39 Å². The number of fused-ring (bicyclic) bond motifs is 1. The van der Waals surface area contributed by atoms with Gasteiger partial charge < -0.3 is 10.5 Å². The van der Waals surface area contributed by atoms with E-state index in [1.807, 2.05) is 5.32 Å². The second-order valence-electron chi connectivity index (χ2n) is 3.43. The normalized spacial score (nSPS) is 16.2. The highest BCUT2D eigenvalue weighted by Gasteiger charge is 2.40. The van der Waals surface area contributed by atoms with Gasteiger partial charge in [0.15, 0.2) is 11.5 Å². The molecule has 0 saturated heterocycles. The number of nitrogens with one attached hydrogen (secondary N) is 1. The fourth-order valence-electron chi connectivity index (χ4n) is 1.62. The fourth-order valence-corrected chi connectivity index (χ4v) is 1.62. The van der Waals surface area contributed by atoms with Crippen LogP contribution >= 0.6 is 0 Å². The van der Waals surface area contributed by atoms with Crippen LogP contribution in [0.1, 0.15) is 5.56 Å². The molecule has 1 amide bonds. The molecule has 8 nitrogen and oxygen atoms in total. The Morgan fingerprint density at radius 1 is 1.37 bits per heavy atom. The molecular formula is C9H3F2N3O5. The largest absolute Gasteiger partial charge is 0.410 e. The highest BCUT2D eigenvalue weighted by Crippen LogP contribution is 2.34. The number of amides is 1. The summed E-state index contributed by atoms with van der Waals surface area (Å²) in [5.74, 6) is -6.09. The maximum atomic E-state index is 13.4. The predicted octanol–water partition coefficient (Wildman–Crippen LogP) is 0.573. The number of halogens is 2. The number of carbonyl (C=O) groups is 2. The summed E-state index contributed by atoms with van der Waals surface area (Å²) in [5.41, 5.74) is -3.72. The van der Waals surface area contributed by atoms with Crippen molar-refractivity contribution in [2.45, 2.75) is 0 Å². The van der Waals surface area contributed by atoms with Crippen LogP contribution in [0, 0.1) is 21.7 Å². The molecule has 0 aromatic heterocycles. The Balaban J connectivity index is 2.90. The first kappa shape index (κ1) is 12.5. The Morgan fingerprint density at radius 3 is 2.53 bits per heavy atom. The van der Waals surface area contributed by atoms with Crippen molar-refractivity contribution in [1.82, 2.24) is 0 Å². The van der Waals surface area contributed by atoms with Crippen LogP contribution in [0.25, 0.3) is 0 Å². The minimum absolute atomic E-state index is 0.452. The molecule has 1 heterocycles. The number of carbonyl (C=O) groups excluding carboxylic acids is 2. The molecule has 1 aromatic carbocycles. The van der Waals surface area contributed by atoms with Gasteiger partial charge in [0, 0.05) is 6.07 Å². The maximum Gasteiger partial charge on any atom is 0.319 e. The molecule has 0 aliphatic carbocycles. The second-order valence-corrected chi connectivity index (χ2v) is 3.43. The Hall–Kier alpha value is -2.91. The molecule has 0 unspecified atom stereocenters. The van der Waals surface area contributed by atoms with Crippen molar-refractivity contribution in [2.24, 2.45) is 5.16 Å². The SMILES string of the molecule is O=C1Nc2cc(F)c(F)c([N+](=O)[O-])c2C(=NO)C1=O. The zero-order valence-corrected chi connectivity index (χ0v) is 8.81. The van der Waals surface area contributed by atoms with Gasteiger partial charge in [0.1, 0.15) is 5.56 Å². The summed E-state index contributed by atoms with van der Waals surface area (Å²) in [6.45, 7) is 0. The lowest BCUT2D eigenvalue weighted by Gasteiger charge is -2.16. The molecule has 0 spiro atoms. The number of hydrogen-bond donors (Lipinski definition) is 2. The fraction of sp³-hybridized carbons (Fsp3) is 0. The molecule has 0 radical (unpaired) electrons. The van der Waals surface area contributed by atoms with E-state index < -0.39 is 50.9 Å². The molecule has 1 aromatic rings. The number of hydrogen-bond acceptors (Lipinski definition) is 6. The molecular weight excluding hydrogens is 268 g/mol.